The predicted octanol–water partition coefficient (Wildman–Crippen LogP) is 13.8. The number of benzene rings is 7. The summed E-state index contributed by atoms with van der Waals surface area (Å²) in [5.74, 6) is 4.67. The maximum atomic E-state index is 5.32. The number of rotatable bonds is 7. The summed E-state index contributed by atoms with van der Waals surface area (Å²) in [6.07, 6.45) is 8.44. The van der Waals surface area contributed by atoms with E-state index < -0.39 is 0 Å². The lowest BCUT2D eigenvalue weighted by Crippen LogP contribution is -2.48. The molecular weight excluding hydrogens is 717 g/mol. The minimum absolute atomic E-state index is 0.331. The van der Waals surface area contributed by atoms with E-state index in [0.29, 0.717) is 22.9 Å². The summed E-state index contributed by atoms with van der Waals surface area (Å²) >= 11 is 0. The van der Waals surface area contributed by atoms with Gasteiger partial charge in [0.05, 0.1) is 11.0 Å². The standard InChI is InChI=1S/C55H44N4/c1-5-13-39(14-6-1)43-28-44(40-15-7-2-8-16-40)30-45(29-43)54-57-52(41-17-9-3-10-18-41)56-53(58-54)42-21-23-48-49-32-46(55-33-36-25-37(34-55)27-38(26-36)35-55)22-24-50(49)59(51(48)31-42)47-19-11-4-12-20-47/h1-24,28-32,36-38H,25-27,33-35H2. The first kappa shape index (κ1) is 34.4. The number of aromatic nitrogens is 4. The van der Waals surface area contributed by atoms with Crippen LogP contribution >= 0.6 is 0 Å². The van der Waals surface area contributed by atoms with Crippen molar-refractivity contribution in [1.82, 2.24) is 19.5 Å². The number of hydrogen-bond donors (Lipinski definition) is 0. The van der Waals surface area contributed by atoms with Crippen molar-refractivity contribution in [3.63, 3.8) is 0 Å². The molecule has 7 aromatic carbocycles. The first-order valence-corrected chi connectivity index (χ1v) is 21.3. The maximum absolute atomic E-state index is 5.32. The highest BCUT2D eigenvalue weighted by Gasteiger charge is 2.51. The molecule has 4 nitrogen and oxygen atoms in total. The van der Waals surface area contributed by atoms with E-state index in [0.717, 1.165) is 67.9 Å². The third-order valence-corrected chi connectivity index (χ3v) is 13.8. The zero-order valence-electron chi connectivity index (χ0n) is 33.0. The second-order valence-electron chi connectivity index (χ2n) is 17.5. The van der Waals surface area contributed by atoms with Crippen LogP contribution in [0.3, 0.4) is 0 Å². The molecule has 59 heavy (non-hydrogen) atoms. The molecule has 0 atom stereocenters. The largest absolute Gasteiger partial charge is 0.309 e. The quantitative estimate of drug-likeness (QED) is 0.162. The summed E-state index contributed by atoms with van der Waals surface area (Å²) in [5.41, 5.74) is 12.8. The molecule has 4 aliphatic carbocycles. The van der Waals surface area contributed by atoms with Crippen molar-refractivity contribution in [2.24, 2.45) is 17.8 Å². The van der Waals surface area contributed by atoms with E-state index in [2.05, 4.69) is 162 Å². The number of para-hydroxylation sites is 1. The highest BCUT2D eigenvalue weighted by atomic mass is 15.0. The van der Waals surface area contributed by atoms with Crippen molar-refractivity contribution in [2.75, 3.05) is 0 Å². The van der Waals surface area contributed by atoms with Crippen LogP contribution in [0.2, 0.25) is 0 Å². The van der Waals surface area contributed by atoms with Gasteiger partial charge in [-0.3, -0.25) is 0 Å². The first-order chi connectivity index (χ1) is 29.1. The summed E-state index contributed by atoms with van der Waals surface area (Å²) in [7, 11) is 0. The molecule has 2 aromatic heterocycles. The Balaban J connectivity index is 1.05. The van der Waals surface area contributed by atoms with Gasteiger partial charge in [0.2, 0.25) is 0 Å². The average molecular weight is 761 g/mol. The van der Waals surface area contributed by atoms with E-state index in [9.17, 15) is 0 Å². The van der Waals surface area contributed by atoms with Gasteiger partial charge in [0.25, 0.3) is 0 Å². The molecule has 284 valence electrons. The Morgan fingerprint density at radius 2 is 0.864 bits per heavy atom. The zero-order valence-corrected chi connectivity index (χ0v) is 33.0. The average Bonchev–Trinajstić information content (AvgIpc) is 3.62. The van der Waals surface area contributed by atoms with Crippen molar-refractivity contribution >= 4 is 21.8 Å². The molecule has 4 aliphatic rings. The van der Waals surface area contributed by atoms with Gasteiger partial charge in [-0.1, -0.05) is 127 Å². The van der Waals surface area contributed by atoms with Gasteiger partial charge in [-0.15, -0.1) is 0 Å². The van der Waals surface area contributed by atoms with Crippen molar-refractivity contribution in [2.45, 2.75) is 43.9 Å². The molecule has 9 aromatic rings. The number of hydrogen-bond acceptors (Lipinski definition) is 3. The molecule has 13 rings (SSSR count). The van der Waals surface area contributed by atoms with E-state index in [1.54, 1.807) is 5.56 Å². The van der Waals surface area contributed by atoms with Crippen molar-refractivity contribution in [1.29, 1.82) is 0 Å². The fraction of sp³-hybridized carbons (Fsp3) is 0.182. The van der Waals surface area contributed by atoms with Crippen LogP contribution in [0, 0.1) is 17.8 Å². The van der Waals surface area contributed by atoms with Gasteiger partial charge in [-0.2, -0.15) is 0 Å². The second-order valence-corrected chi connectivity index (χ2v) is 17.5. The molecular formula is C55H44N4. The molecule has 4 saturated carbocycles. The topological polar surface area (TPSA) is 43.6 Å². The van der Waals surface area contributed by atoms with Gasteiger partial charge in [0, 0.05) is 33.2 Å². The summed E-state index contributed by atoms with van der Waals surface area (Å²) in [4.78, 5) is 15.7. The molecule has 0 N–H and O–H groups in total. The summed E-state index contributed by atoms with van der Waals surface area (Å²) in [6.45, 7) is 0. The van der Waals surface area contributed by atoms with Gasteiger partial charge in [-0.25, -0.2) is 15.0 Å². The molecule has 2 heterocycles. The van der Waals surface area contributed by atoms with Crippen LogP contribution in [0.15, 0.2) is 176 Å². The zero-order chi connectivity index (χ0) is 38.9. The molecule has 4 heteroatoms. The first-order valence-electron chi connectivity index (χ1n) is 21.3. The third-order valence-electron chi connectivity index (χ3n) is 13.8. The third kappa shape index (κ3) is 6.00. The lowest BCUT2D eigenvalue weighted by molar-refractivity contribution is -0.00512. The van der Waals surface area contributed by atoms with E-state index in [-0.39, 0.29) is 0 Å². The SMILES string of the molecule is c1ccc(-c2cc(-c3ccccc3)cc(-c3nc(-c4ccccc4)nc(-c4ccc5c6cc(C78CC9CC(CC(C9)C7)C8)ccc6n(-c6ccccc6)c5c4)n3)c2)cc1. The molecule has 0 amide bonds. The predicted molar refractivity (Wildman–Crippen MR) is 241 cm³/mol. The molecule has 0 unspecified atom stereocenters. The van der Waals surface area contributed by atoms with E-state index in [1.807, 2.05) is 18.2 Å². The molecule has 4 fully saturated rings. The Morgan fingerprint density at radius 1 is 0.373 bits per heavy atom. The highest BCUT2D eigenvalue weighted by Crippen LogP contribution is 2.61. The molecule has 0 spiro atoms. The Morgan fingerprint density at radius 3 is 1.44 bits per heavy atom. The van der Waals surface area contributed by atoms with Crippen LogP contribution < -0.4 is 0 Å². The van der Waals surface area contributed by atoms with Crippen molar-refractivity contribution < 1.29 is 0 Å². The smallest absolute Gasteiger partial charge is 0.164 e. The maximum Gasteiger partial charge on any atom is 0.164 e. The van der Waals surface area contributed by atoms with Crippen molar-refractivity contribution in [3.05, 3.63) is 181 Å². The summed E-state index contributed by atoms with van der Waals surface area (Å²) in [5, 5.41) is 2.59. The Labute approximate surface area is 345 Å². The minimum Gasteiger partial charge on any atom is -0.309 e. The highest BCUT2D eigenvalue weighted by molar-refractivity contribution is 6.10. The van der Waals surface area contributed by atoms with Gasteiger partial charge >= 0.3 is 0 Å². The van der Waals surface area contributed by atoms with Gasteiger partial charge < -0.3 is 4.57 Å². The normalized spacial score (nSPS) is 20.7. The van der Waals surface area contributed by atoms with Crippen LogP contribution in [0.25, 0.3) is 83.9 Å². The van der Waals surface area contributed by atoms with Crippen LogP contribution in [-0.2, 0) is 5.41 Å². The van der Waals surface area contributed by atoms with E-state index in [1.165, 1.54) is 54.8 Å². The molecule has 0 aliphatic heterocycles. The van der Waals surface area contributed by atoms with Crippen LogP contribution in [0.4, 0.5) is 0 Å². The molecule has 4 bridgehead atoms. The lowest BCUT2D eigenvalue weighted by Gasteiger charge is -2.57. The van der Waals surface area contributed by atoms with E-state index in [4.69, 9.17) is 15.0 Å². The van der Waals surface area contributed by atoms with Crippen LogP contribution in [0.5, 0.6) is 0 Å². The fourth-order valence-electron chi connectivity index (χ4n) is 11.5. The second kappa shape index (κ2) is 13.7. The van der Waals surface area contributed by atoms with Gasteiger partial charge in [0.15, 0.2) is 17.5 Å². The van der Waals surface area contributed by atoms with Gasteiger partial charge in [0.1, 0.15) is 0 Å². The molecule has 0 saturated heterocycles. The lowest BCUT2D eigenvalue weighted by atomic mass is 9.48. The minimum atomic E-state index is 0.331. The number of fused-ring (bicyclic) bond motifs is 3. The Hall–Kier alpha value is -6.65. The van der Waals surface area contributed by atoms with Gasteiger partial charge in [-0.05, 0) is 138 Å². The monoisotopic (exact) mass is 760 g/mol. The number of nitrogens with zero attached hydrogens (tertiary/aromatic N) is 4. The fourth-order valence-corrected chi connectivity index (χ4v) is 11.5. The van der Waals surface area contributed by atoms with Crippen molar-refractivity contribution in [3.8, 4) is 62.1 Å². The Kier molecular flexibility index (Phi) is 8.01. The van der Waals surface area contributed by atoms with Crippen LogP contribution in [0.1, 0.15) is 44.1 Å². The van der Waals surface area contributed by atoms with Crippen LogP contribution in [-0.4, -0.2) is 19.5 Å². The Bertz CT molecular complexity index is 2910. The van der Waals surface area contributed by atoms with E-state index >= 15 is 0 Å². The summed E-state index contributed by atoms with van der Waals surface area (Å²) in [6, 6.07) is 63.2. The summed E-state index contributed by atoms with van der Waals surface area (Å²) < 4.78 is 2.44. The molecule has 0 radical (unpaired) electrons.